The summed E-state index contributed by atoms with van der Waals surface area (Å²) in [7, 11) is 0. The molecule has 1 aromatic heterocycles. The number of hydrogen-bond donors (Lipinski definition) is 3. The minimum atomic E-state index is -0.564. The predicted molar refractivity (Wildman–Crippen MR) is 72.3 cm³/mol. The molecule has 98 valence electrons. The maximum Gasteiger partial charge on any atom is 0.308 e. The topological polar surface area (TPSA) is 109 Å². The normalized spacial score (nSPS) is 10.8. The van der Waals surface area contributed by atoms with Gasteiger partial charge in [0.15, 0.2) is 0 Å². The SMILES string of the molecule is Nc1n[nH]c(C(=O)N/N=C/c2ccc(Cl)cc2Cl)n1. The molecule has 0 fully saturated rings. The molecule has 0 unspecified atom stereocenters. The standard InChI is InChI=1S/C10H8Cl2N6O/c11-6-2-1-5(7(12)3-6)4-14-17-9(19)8-15-10(13)18-16-8/h1-4H,(H,17,19)(H3,13,15,16,18)/b14-4+. The highest BCUT2D eigenvalue weighted by molar-refractivity contribution is 6.36. The molecule has 1 aromatic carbocycles. The third-order valence-corrected chi connectivity index (χ3v) is 2.61. The molecule has 0 saturated heterocycles. The fourth-order valence-electron chi connectivity index (χ4n) is 1.20. The van der Waals surface area contributed by atoms with E-state index in [1.165, 1.54) is 6.21 Å². The Bertz CT molecular complexity index is 639. The summed E-state index contributed by atoms with van der Waals surface area (Å²) in [6, 6.07) is 4.91. The molecule has 0 spiro atoms. The van der Waals surface area contributed by atoms with E-state index in [-0.39, 0.29) is 11.8 Å². The number of hydrazone groups is 1. The minimum Gasteiger partial charge on any atom is -0.366 e. The Morgan fingerprint density at radius 2 is 2.26 bits per heavy atom. The van der Waals surface area contributed by atoms with E-state index < -0.39 is 5.91 Å². The number of benzene rings is 1. The zero-order valence-electron chi connectivity index (χ0n) is 9.39. The van der Waals surface area contributed by atoms with Gasteiger partial charge in [-0.15, -0.1) is 5.10 Å². The van der Waals surface area contributed by atoms with Crippen LogP contribution in [0.15, 0.2) is 23.3 Å². The van der Waals surface area contributed by atoms with E-state index in [2.05, 4.69) is 25.7 Å². The van der Waals surface area contributed by atoms with Crippen molar-refractivity contribution >= 4 is 41.3 Å². The van der Waals surface area contributed by atoms with Crippen molar-refractivity contribution < 1.29 is 4.79 Å². The molecule has 0 radical (unpaired) electrons. The second kappa shape index (κ2) is 5.68. The number of nitrogens with zero attached hydrogens (tertiary/aromatic N) is 3. The molecule has 0 aliphatic carbocycles. The summed E-state index contributed by atoms with van der Waals surface area (Å²) < 4.78 is 0. The number of hydrogen-bond acceptors (Lipinski definition) is 5. The molecule has 9 heteroatoms. The maximum atomic E-state index is 11.5. The molecule has 0 atom stereocenters. The predicted octanol–water partition coefficient (Wildman–Crippen LogP) is 1.46. The van der Waals surface area contributed by atoms with Gasteiger partial charge in [-0.25, -0.2) is 5.43 Å². The Kier molecular flexibility index (Phi) is 3.98. The molecule has 0 aliphatic rings. The molecule has 1 heterocycles. The van der Waals surface area contributed by atoms with Gasteiger partial charge in [0.2, 0.25) is 11.8 Å². The number of aromatic amines is 1. The van der Waals surface area contributed by atoms with Crippen LogP contribution in [0.3, 0.4) is 0 Å². The lowest BCUT2D eigenvalue weighted by atomic mass is 10.2. The number of H-pyrrole nitrogens is 1. The quantitative estimate of drug-likeness (QED) is 0.588. The molecule has 19 heavy (non-hydrogen) atoms. The van der Waals surface area contributed by atoms with Crippen molar-refractivity contribution in [2.75, 3.05) is 5.73 Å². The van der Waals surface area contributed by atoms with Gasteiger partial charge >= 0.3 is 5.91 Å². The van der Waals surface area contributed by atoms with Crippen molar-refractivity contribution in [3.05, 3.63) is 39.6 Å². The molecule has 0 bridgehead atoms. The van der Waals surface area contributed by atoms with Crippen LogP contribution in [-0.2, 0) is 0 Å². The first-order valence-corrected chi connectivity index (χ1v) is 5.78. The number of rotatable bonds is 3. The summed E-state index contributed by atoms with van der Waals surface area (Å²) in [5, 5.41) is 10.6. The van der Waals surface area contributed by atoms with Gasteiger partial charge in [-0.3, -0.25) is 9.89 Å². The smallest absolute Gasteiger partial charge is 0.308 e. The molecule has 4 N–H and O–H groups in total. The Labute approximate surface area is 117 Å². The van der Waals surface area contributed by atoms with Crippen molar-refractivity contribution in [1.82, 2.24) is 20.6 Å². The number of carbonyl (C=O) groups is 1. The van der Waals surface area contributed by atoms with Gasteiger partial charge in [-0.05, 0) is 12.1 Å². The number of aromatic nitrogens is 3. The van der Waals surface area contributed by atoms with Crippen molar-refractivity contribution in [3.8, 4) is 0 Å². The molecule has 1 amide bonds. The van der Waals surface area contributed by atoms with Crippen LogP contribution in [0.4, 0.5) is 5.95 Å². The number of nitrogens with one attached hydrogen (secondary N) is 2. The molecular formula is C10H8Cl2N6O. The van der Waals surface area contributed by atoms with E-state index in [0.717, 1.165) is 0 Å². The molecule has 2 aromatic rings. The lowest BCUT2D eigenvalue weighted by Crippen LogP contribution is -2.19. The Morgan fingerprint density at radius 3 is 2.89 bits per heavy atom. The Balaban J connectivity index is 2.02. The summed E-state index contributed by atoms with van der Waals surface area (Å²) in [4.78, 5) is 15.2. The molecular weight excluding hydrogens is 291 g/mol. The summed E-state index contributed by atoms with van der Waals surface area (Å²) in [6.07, 6.45) is 1.39. The average molecular weight is 299 g/mol. The molecule has 0 aliphatic heterocycles. The second-order valence-corrected chi connectivity index (χ2v) is 4.25. The number of anilines is 1. The van der Waals surface area contributed by atoms with E-state index in [9.17, 15) is 4.79 Å². The first-order chi connectivity index (χ1) is 9.06. The first kappa shape index (κ1) is 13.3. The van der Waals surface area contributed by atoms with Gasteiger partial charge in [0.1, 0.15) is 0 Å². The van der Waals surface area contributed by atoms with Crippen LogP contribution in [0.5, 0.6) is 0 Å². The van der Waals surface area contributed by atoms with Gasteiger partial charge < -0.3 is 5.73 Å². The maximum absolute atomic E-state index is 11.5. The Morgan fingerprint density at radius 1 is 1.47 bits per heavy atom. The van der Waals surface area contributed by atoms with Crippen molar-refractivity contribution in [1.29, 1.82) is 0 Å². The summed E-state index contributed by atoms with van der Waals surface area (Å²) in [5.74, 6) is -0.614. The lowest BCUT2D eigenvalue weighted by Gasteiger charge is -1.98. The van der Waals surface area contributed by atoms with E-state index in [1.807, 2.05) is 0 Å². The van der Waals surface area contributed by atoms with Gasteiger partial charge in [0, 0.05) is 10.6 Å². The van der Waals surface area contributed by atoms with E-state index in [4.69, 9.17) is 28.9 Å². The number of amides is 1. The lowest BCUT2D eigenvalue weighted by molar-refractivity contribution is 0.0945. The molecule has 2 rings (SSSR count). The monoisotopic (exact) mass is 298 g/mol. The van der Waals surface area contributed by atoms with Gasteiger partial charge in [0.05, 0.1) is 11.2 Å². The Hall–Kier alpha value is -2.12. The van der Waals surface area contributed by atoms with Gasteiger partial charge in [-0.2, -0.15) is 10.1 Å². The first-order valence-electron chi connectivity index (χ1n) is 5.02. The third-order valence-electron chi connectivity index (χ3n) is 2.05. The number of nitrogens with two attached hydrogens (primary N) is 1. The van der Waals surface area contributed by atoms with Crippen LogP contribution >= 0.6 is 23.2 Å². The van der Waals surface area contributed by atoms with Crippen molar-refractivity contribution in [2.24, 2.45) is 5.10 Å². The largest absolute Gasteiger partial charge is 0.366 e. The number of carbonyl (C=O) groups excluding carboxylic acids is 1. The van der Waals surface area contributed by atoms with Gasteiger partial charge in [-0.1, -0.05) is 29.3 Å². The summed E-state index contributed by atoms with van der Waals surface area (Å²) in [6.45, 7) is 0. The minimum absolute atomic E-state index is 0.0186. The van der Waals surface area contributed by atoms with Gasteiger partial charge in [0.25, 0.3) is 0 Å². The summed E-state index contributed by atoms with van der Waals surface area (Å²) >= 11 is 11.7. The number of halogens is 2. The van der Waals surface area contributed by atoms with Crippen LogP contribution < -0.4 is 11.2 Å². The third kappa shape index (κ3) is 3.43. The zero-order chi connectivity index (χ0) is 13.8. The van der Waals surface area contributed by atoms with Crippen LogP contribution in [0, 0.1) is 0 Å². The van der Waals surface area contributed by atoms with Crippen molar-refractivity contribution in [3.63, 3.8) is 0 Å². The van der Waals surface area contributed by atoms with Crippen molar-refractivity contribution in [2.45, 2.75) is 0 Å². The van der Waals surface area contributed by atoms with Crippen LogP contribution in [0.25, 0.3) is 0 Å². The summed E-state index contributed by atoms with van der Waals surface area (Å²) in [5.41, 5.74) is 8.13. The zero-order valence-corrected chi connectivity index (χ0v) is 10.9. The van der Waals surface area contributed by atoms with Crippen LogP contribution in [-0.4, -0.2) is 27.3 Å². The van der Waals surface area contributed by atoms with E-state index in [1.54, 1.807) is 18.2 Å². The van der Waals surface area contributed by atoms with Crippen LogP contribution in [0.1, 0.15) is 16.2 Å². The average Bonchev–Trinajstić information content (AvgIpc) is 2.78. The second-order valence-electron chi connectivity index (χ2n) is 3.41. The fourth-order valence-corrected chi connectivity index (χ4v) is 1.65. The highest BCUT2D eigenvalue weighted by atomic mass is 35.5. The highest BCUT2D eigenvalue weighted by Crippen LogP contribution is 2.19. The fraction of sp³-hybridized carbons (Fsp3) is 0. The number of nitrogen functional groups attached to an aromatic ring is 1. The highest BCUT2D eigenvalue weighted by Gasteiger charge is 2.09. The molecule has 7 nitrogen and oxygen atoms in total. The van der Waals surface area contributed by atoms with Crippen LogP contribution in [0.2, 0.25) is 10.0 Å². The van der Waals surface area contributed by atoms with E-state index >= 15 is 0 Å². The van der Waals surface area contributed by atoms with E-state index in [0.29, 0.717) is 15.6 Å². The molecule has 0 saturated carbocycles.